The minimum atomic E-state index is -0.367. The largest absolute Gasteiger partial charge is 0.469 e. The number of aldehydes is 1. The molecule has 0 aromatic rings. The van der Waals surface area contributed by atoms with Crippen molar-refractivity contribution in [1.29, 1.82) is 0 Å². The van der Waals surface area contributed by atoms with Gasteiger partial charge >= 0.3 is 11.9 Å². The van der Waals surface area contributed by atoms with Crippen LogP contribution >= 0.6 is 0 Å². The second-order valence-corrected chi connectivity index (χ2v) is 17.5. The molecule has 0 spiro atoms. The normalized spacial score (nSPS) is 13.1. The monoisotopic (exact) mass is 777 g/mol. The first-order chi connectivity index (χ1) is 27.0. The molecule has 0 saturated heterocycles. The molecule has 0 aliphatic heterocycles. The molecule has 3 atom stereocenters. The summed E-state index contributed by atoms with van der Waals surface area (Å²) < 4.78 is 10.9. The lowest BCUT2D eigenvalue weighted by Gasteiger charge is -2.25. The first-order valence-corrected chi connectivity index (χ1v) is 24.7. The van der Waals surface area contributed by atoms with E-state index in [2.05, 4.69) is 6.92 Å². The quantitative estimate of drug-likeness (QED) is 0.0350. The number of unbranched alkanes of at least 4 members (excludes halogenated alkanes) is 35. The Kier molecular flexibility index (Phi) is 42.6. The van der Waals surface area contributed by atoms with Gasteiger partial charge in [-0.3, -0.25) is 9.59 Å². The van der Waals surface area contributed by atoms with Gasteiger partial charge in [-0.2, -0.15) is 0 Å². The first-order valence-electron chi connectivity index (χ1n) is 24.7. The van der Waals surface area contributed by atoms with E-state index >= 15 is 0 Å². The second kappa shape index (κ2) is 43.7. The molecule has 5 heteroatoms. The van der Waals surface area contributed by atoms with Crippen molar-refractivity contribution in [1.82, 2.24) is 0 Å². The second-order valence-electron chi connectivity index (χ2n) is 17.5. The van der Waals surface area contributed by atoms with E-state index in [1.165, 1.54) is 226 Å². The Morgan fingerprint density at radius 3 is 0.982 bits per heavy atom. The average Bonchev–Trinajstić information content (AvgIpc) is 3.18. The number of rotatable bonds is 45. The maximum atomic E-state index is 12.8. The van der Waals surface area contributed by atoms with Gasteiger partial charge in [0.1, 0.15) is 12.4 Å². The van der Waals surface area contributed by atoms with E-state index in [1.807, 2.05) is 6.92 Å². The van der Waals surface area contributed by atoms with Gasteiger partial charge in [-0.05, 0) is 25.7 Å². The van der Waals surface area contributed by atoms with E-state index in [0.717, 1.165) is 51.2 Å². The van der Waals surface area contributed by atoms with Gasteiger partial charge in [0.15, 0.2) is 0 Å². The molecule has 326 valence electrons. The summed E-state index contributed by atoms with van der Waals surface area (Å²) in [4.78, 5) is 35.4. The Morgan fingerprint density at radius 2 is 0.709 bits per heavy atom. The molecule has 0 rings (SSSR count). The average molecular weight is 777 g/mol. The van der Waals surface area contributed by atoms with Gasteiger partial charge in [0.2, 0.25) is 0 Å². The van der Waals surface area contributed by atoms with Crippen LogP contribution in [0.3, 0.4) is 0 Å². The Balaban J connectivity index is 3.84. The summed E-state index contributed by atoms with van der Waals surface area (Å²) in [5, 5.41) is 0. The molecule has 0 aliphatic carbocycles. The highest BCUT2D eigenvalue weighted by Crippen LogP contribution is 2.25. The van der Waals surface area contributed by atoms with E-state index in [9.17, 15) is 14.4 Å². The summed E-state index contributed by atoms with van der Waals surface area (Å²) in [7, 11) is 1.46. The molecule has 5 nitrogen and oxygen atoms in total. The molecule has 0 radical (unpaired) electrons. The fourth-order valence-electron chi connectivity index (χ4n) is 8.31. The van der Waals surface area contributed by atoms with Crippen molar-refractivity contribution >= 4 is 18.2 Å². The third-order valence-electron chi connectivity index (χ3n) is 12.0. The number of hydrogen-bond donors (Lipinski definition) is 0. The van der Waals surface area contributed by atoms with Crippen molar-refractivity contribution in [3.63, 3.8) is 0 Å². The molecule has 55 heavy (non-hydrogen) atoms. The SMILES string of the molecule is CCCCCCCCCCCCCCCCCCCCCC[C@@H](C(=O)OC)[C@@H](CCCCCCCCCCCCCCCCCCC[C@@H](C)C=O)OC(C)=O. The molecule has 0 amide bonds. The number of hydrogen-bond acceptors (Lipinski definition) is 5. The molecular formula is C50H96O5. The van der Waals surface area contributed by atoms with Crippen molar-refractivity contribution in [3.8, 4) is 0 Å². The van der Waals surface area contributed by atoms with Crippen LogP contribution in [0.5, 0.6) is 0 Å². The zero-order valence-corrected chi connectivity index (χ0v) is 37.6. The predicted octanol–water partition coefficient (Wildman–Crippen LogP) is 16.2. The molecule has 0 unspecified atom stereocenters. The van der Waals surface area contributed by atoms with Gasteiger partial charge in [0.05, 0.1) is 13.0 Å². The van der Waals surface area contributed by atoms with E-state index in [0.29, 0.717) is 0 Å². The third kappa shape index (κ3) is 39.2. The van der Waals surface area contributed by atoms with Crippen LogP contribution in [0.15, 0.2) is 0 Å². The highest BCUT2D eigenvalue weighted by atomic mass is 16.6. The Morgan fingerprint density at radius 1 is 0.436 bits per heavy atom. The van der Waals surface area contributed by atoms with E-state index < -0.39 is 0 Å². The number of carbonyl (C=O) groups excluding carboxylic acids is 3. The summed E-state index contributed by atoms with van der Waals surface area (Å²) in [6.45, 7) is 5.77. The fourth-order valence-corrected chi connectivity index (χ4v) is 8.31. The van der Waals surface area contributed by atoms with E-state index in [-0.39, 0.29) is 29.9 Å². The van der Waals surface area contributed by atoms with Crippen LogP contribution in [0.2, 0.25) is 0 Å². The standard InChI is InChI=1S/C50H96O5/c1-5-6-7-8-9-10-11-12-13-14-15-16-19-22-25-28-31-34-37-40-43-48(50(53)54-4)49(55-47(3)52)44-41-38-35-32-29-26-23-20-17-18-21-24-27-30-33-36-39-42-46(2)45-51/h45-46,48-49H,5-44H2,1-4H3/t46-,48-,49-/m1/s1. The van der Waals surface area contributed by atoms with Crippen LogP contribution in [0.4, 0.5) is 0 Å². The summed E-state index contributed by atoms with van der Waals surface area (Å²) >= 11 is 0. The zero-order valence-electron chi connectivity index (χ0n) is 37.6. The van der Waals surface area contributed by atoms with Crippen LogP contribution in [-0.2, 0) is 23.9 Å². The highest BCUT2D eigenvalue weighted by molar-refractivity contribution is 5.74. The lowest BCUT2D eigenvalue weighted by molar-refractivity contribution is -0.160. The maximum Gasteiger partial charge on any atom is 0.312 e. The van der Waals surface area contributed by atoms with Crippen molar-refractivity contribution in [3.05, 3.63) is 0 Å². The maximum absolute atomic E-state index is 12.8. The van der Waals surface area contributed by atoms with Gasteiger partial charge in [-0.25, -0.2) is 0 Å². The molecule has 0 saturated carbocycles. The minimum absolute atomic E-state index is 0.225. The highest BCUT2D eigenvalue weighted by Gasteiger charge is 2.31. The summed E-state index contributed by atoms with van der Waals surface area (Å²) in [5.74, 6) is -0.633. The van der Waals surface area contributed by atoms with Gasteiger partial charge < -0.3 is 14.3 Å². The zero-order chi connectivity index (χ0) is 40.3. The van der Waals surface area contributed by atoms with Crippen LogP contribution in [-0.4, -0.2) is 31.4 Å². The molecule has 0 N–H and O–H groups in total. The number of methoxy groups -OCH3 is 1. The summed E-state index contributed by atoms with van der Waals surface area (Å²) in [6, 6.07) is 0. The molecule has 0 fully saturated rings. The lowest BCUT2D eigenvalue weighted by atomic mass is 9.91. The fraction of sp³-hybridized carbons (Fsp3) is 0.940. The molecule has 0 aromatic carbocycles. The number of ether oxygens (including phenoxy) is 2. The van der Waals surface area contributed by atoms with Gasteiger partial charge in [-0.15, -0.1) is 0 Å². The van der Waals surface area contributed by atoms with Crippen LogP contribution in [0.25, 0.3) is 0 Å². The molecular weight excluding hydrogens is 681 g/mol. The van der Waals surface area contributed by atoms with Gasteiger partial charge in [-0.1, -0.05) is 245 Å². The summed E-state index contributed by atoms with van der Waals surface area (Å²) in [6.07, 6.45) is 52.4. The van der Waals surface area contributed by atoms with Gasteiger partial charge in [0.25, 0.3) is 0 Å². The Hall–Kier alpha value is -1.39. The van der Waals surface area contributed by atoms with Gasteiger partial charge in [0, 0.05) is 12.8 Å². The minimum Gasteiger partial charge on any atom is -0.469 e. The molecule has 0 aliphatic rings. The van der Waals surface area contributed by atoms with E-state index in [4.69, 9.17) is 9.47 Å². The first kappa shape index (κ1) is 53.6. The number of esters is 2. The number of carbonyl (C=O) groups is 3. The van der Waals surface area contributed by atoms with Crippen LogP contribution in [0.1, 0.15) is 278 Å². The summed E-state index contributed by atoms with van der Waals surface area (Å²) in [5.41, 5.74) is 0. The van der Waals surface area contributed by atoms with Crippen LogP contribution in [0, 0.1) is 11.8 Å². The van der Waals surface area contributed by atoms with Crippen molar-refractivity contribution < 1.29 is 23.9 Å². The van der Waals surface area contributed by atoms with Crippen molar-refractivity contribution in [2.45, 2.75) is 284 Å². The molecule has 0 bridgehead atoms. The predicted molar refractivity (Wildman–Crippen MR) is 237 cm³/mol. The third-order valence-corrected chi connectivity index (χ3v) is 12.0. The molecule has 0 heterocycles. The lowest BCUT2D eigenvalue weighted by Crippen LogP contribution is -2.33. The van der Waals surface area contributed by atoms with Crippen molar-refractivity contribution in [2.24, 2.45) is 11.8 Å². The topological polar surface area (TPSA) is 69.7 Å². The van der Waals surface area contributed by atoms with Crippen molar-refractivity contribution in [2.75, 3.05) is 7.11 Å². The smallest absolute Gasteiger partial charge is 0.312 e. The Bertz CT molecular complexity index is 812. The van der Waals surface area contributed by atoms with E-state index in [1.54, 1.807) is 0 Å². The molecule has 0 aromatic heterocycles. The van der Waals surface area contributed by atoms with Crippen LogP contribution < -0.4 is 0 Å². The Labute approximate surface area is 343 Å².